The van der Waals surface area contributed by atoms with Crippen molar-refractivity contribution in [2.24, 2.45) is 0 Å². The van der Waals surface area contributed by atoms with Crippen LogP contribution in [0.1, 0.15) is 6.42 Å². The second-order valence-corrected chi connectivity index (χ2v) is 4.12. The summed E-state index contributed by atoms with van der Waals surface area (Å²) in [5.74, 6) is 0. The largest absolute Gasteiger partial charge is 0.0765 e. The smallest absolute Gasteiger partial charge is 0.0697 e. The van der Waals surface area contributed by atoms with Gasteiger partial charge in [0, 0.05) is 0 Å². The van der Waals surface area contributed by atoms with Gasteiger partial charge in [-0.1, -0.05) is 38.8 Å². The highest BCUT2D eigenvalue weighted by atomic mass is 79.9. The molecule has 0 fully saturated rings. The van der Waals surface area contributed by atoms with Crippen molar-refractivity contribution in [3.8, 4) is 0 Å². The molecule has 0 bridgehead atoms. The van der Waals surface area contributed by atoms with Gasteiger partial charge in [-0.15, -0.1) is 0 Å². The molecule has 0 N–H and O–H groups in total. The number of hydrogen-bond donors (Lipinski definition) is 0. The lowest BCUT2D eigenvalue weighted by atomic mass is 10.6. The molecule has 0 unspecified atom stereocenters. The molecular formula is C3H5Br2. The topological polar surface area (TPSA) is 0 Å². The van der Waals surface area contributed by atoms with E-state index >= 15 is 0 Å². The molecule has 0 saturated carbocycles. The Hall–Kier alpha value is 0.960. The van der Waals surface area contributed by atoms with Gasteiger partial charge in [-0.25, -0.2) is 0 Å². The average molecular weight is 201 g/mol. The Morgan fingerprint density at radius 3 is 1.80 bits per heavy atom. The van der Waals surface area contributed by atoms with E-state index in [2.05, 4.69) is 38.8 Å². The van der Waals surface area contributed by atoms with Gasteiger partial charge >= 0.3 is 0 Å². The number of halogens is 2. The normalized spacial score (nSPS) is 9.60. The van der Waals surface area contributed by atoms with Gasteiger partial charge in [0.25, 0.3) is 0 Å². The van der Waals surface area contributed by atoms with Crippen LogP contribution in [0.25, 0.3) is 0 Å². The monoisotopic (exact) mass is 199 g/mol. The van der Waals surface area contributed by atoms with Gasteiger partial charge in [0.15, 0.2) is 0 Å². The highest BCUT2D eigenvalue weighted by Gasteiger charge is 1.85. The number of rotatable bonds is 1. The summed E-state index contributed by atoms with van der Waals surface area (Å²) in [5, 5.41) is 0. The Kier molecular flexibility index (Phi) is 3.77. The Balaban J connectivity index is 2.54. The molecule has 0 spiro atoms. The molecule has 0 rings (SSSR count). The Morgan fingerprint density at radius 1 is 1.60 bits per heavy atom. The first-order valence-corrected chi connectivity index (χ1v) is 3.18. The fourth-order valence-corrected chi connectivity index (χ4v) is 0. The molecule has 0 aromatic heterocycles. The molecule has 0 aliphatic rings. The SMILES string of the molecule is [CH2]CC(Br)Br. The summed E-state index contributed by atoms with van der Waals surface area (Å²) < 4.78 is 0.398. The highest BCUT2D eigenvalue weighted by molar-refractivity contribution is 9.24. The molecule has 0 atom stereocenters. The molecule has 0 aliphatic heterocycles. The van der Waals surface area contributed by atoms with Gasteiger partial charge < -0.3 is 0 Å². The van der Waals surface area contributed by atoms with E-state index in [1.54, 1.807) is 0 Å². The van der Waals surface area contributed by atoms with Crippen LogP contribution in [-0.4, -0.2) is 3.74 Å². The number of alkyl halides is 2. The summed E-state index contributed by atoms with van der Waals surface area (Å²) in [7, 11) is 0. The maximum atomic E-state index is 3.59. The Labute approximate surface area is 49.2 Å². The van der Waals surface area contributed by atoms with Gasteiger partial charge in [0.2, 0.25) is 0 Å². The van der Waals surface area contributed by atoms with E-state index in [1.165, 1.54) is 0 Å². The van der Waals surface area contributed by atoms with Crippen LogP contribution in [0.15, 0.2) is 0 Å². The first-order valence-electron chi connectivity index (χ1n) is 1.34. The molecule has 31 valence electrons. The van der Waals surface area contributed by atoms with Crippen LogP contribution in [0.3, 0.4) is 0 Å². The van der Waals surface area contributed by atoms with Crippen molar-refractivity contribution in [2.45, 2.75) is 10.2 Å². The zero-order valence-corrected chi connectivity index (χ0v) is 5.92. The van der Waals surface area contributed by atoms with Gasteiger partial charge in [0.1, 0.15) is 0 Å². The minimum absolute atomic E-state index is 0.398. The first kappa shape index (κ1) is 5.96. The van der Waals surface area contributed by atoms with E-state index in [0.29, 0.717) is 3.74 Å². The molecule has 0 aromatic carbocycles. The van der Waals surface area contributed by atoms with Crippen LogP contribution in [0.5, 0.6) is 0 Å². The quantitative estimate of drug-likeness (QED) is 0.571. The highest BCUT2D eigenvalue weighted by Crippen LogP contribution is 2.09. The van der Waals surface area contributed by atoms with Crippen molar-refractivity contribution >= 4 is 31.9 Å². The van der Waals surface area contributed by atoms with Crippen LogP contribution in [0.2, 0.25) is 0 Å². The Morgan fingerprint density at radius 2 is 1.80 bits per heavy atom. The van der Waals surface area contributed by atoms with E-state index in [0.717, 1.165) is 6.42 Å². The molecule has 0 heterocycles. The summed E-state index contributed by atoms with van der Waals surface area (Å²) in [6.45, 7) is 3.59. The zero-order chi connectivity index (χ0) is 4.28. The minimum Gasteiger partial charge on any atom is -0.0765 e. The van der Waals surface area contributed by atoms with E-state index in [1.807, 2.05) is 0 Å². The zero-order valence-electron chi connectivity index (χ0n) is 2.75. The lowest BCUT2D eigenvalue weighted by Crippen LogP contribution is -1.73. The second-order valence-electron chi connectivity index (χ2n) is 0.680. The van der Waals surface area contributed by atoms with Crippen molar-refractivity contribution in [1.82, 2.24) is 0 Å². The lowest BCUT2D eigenvalue weighted by molar-refractivity contribution is 1.22. The fraction of sp³-hybridized carbons (Fsp3) is 0.667. The maximum Gasteiger partial charge on any atom is 0.0697 e. The number of hydrogen-bond acceptors (Lipinski definition) is 0. The van der Waals surface area contributed by atoms with Crippen LogP contribution in [0, 0.1) is 6.92 Å². The van der Waals surface area contributed by atoms with Crippen molar-refractivity contribution in [3.63, 3.8) is 0 Å². The van der Waals surface area contributed by atoms with Gasteiger partial charge in [-0.3, -0.25) is 0 Å². The van der Waals surface area contributed by atoms with Crippen LogP contribution in [-0.2, 0) is 0 Å². The summed E-state index contributed by atoms with van der Waals surface area (Å²) in [5.41, 5.74) is 0. The van der Waals surface area contributed by atoms with Crippen LogP contribution >= 0.6 is 31.9 Å². The summed E-state index contributed by atoms with van der Waals surface area (Å²) in [6.07, 6.45) is 0.889. The molecule has 2 heteroatoms. The average Bonchev–Trinajstić information content (AvgIpc) is 1.38. The van der Waals surface area contributed by atoms with E-state index in [4.69, 9.17) is 0 Å². The molecular weight excluding hydrogens is 196 g/mol. The van der Waals surface area contributed by atoms with Crippen molar-refractivity contribution < 1.29 is 0 Å². The second kappa shape index (κ2) is 3.16. The molecule has 0 amide bonds. The van der Waals surface area contributed by atoms with Gasteiger partial charge in [0.05, 0.1) is 3.74 Å². The van der Waals surface area contributed by atoms with Crippen molar-refractivity contribution in [3.05, 3.63) is 6.92 Å². The van der Waals surface area contributed by atoms with E-state index in [9.17, 15) is 0 Å². The van der Waals surface area contributed by atoms with Crippen molar-refractivity contribution in [2.75, 3.05) is 0 Å². The van der Waals surface area contributed by atoms with Crippen molar-refractivity contribution in [1.29, 1.82) is 0 Å². The molecule has 5 heavy (non-hydrogen) atoms. The fourth-order valence-electron chi connectivity index (χ4n) is 0. The standard InChI is InChI=1S/C3H5Br2/c1-2-3(4)5/h3H,1-2H2. The maximum absolute atomic E-state index is 3.59. The third-order valence-electron chi connectivity index (χ3n) is 0.218. The van der Waals surface area contributed by atoms with Gasteiger partial charge in [-0.05, 0) is 6.42 Å². The molecule has 0 nitrogen and oxygen atoms in total. The Bertz CT molecular complexity index is 18.9. The third kappa shape index (κ3) is 4.96. The summed E-state index contributed by atoms with van der Waals surface area (Å²) >= 11 is 6.45. The molecule has 0 saturated heterocycles. The van der Waals surface area contributed by atoms with Gasteiger partial charge in [-0.2, -0.15) is 0 Å². The predicted octanol–water partition coefficient (Wildman–Crippen LogP) is 2.33. The minimum atomic E-state index is 0.398. The molecule has 0 aliphatic carbocycles. The van der Waals surface area contributed by atoms with E-state index in [-0.39, 0.29) is 0 Å². The molecule has 0 aromatic rings. The van der Waals surface area contributed by atoms with Crippen LogP contribution in [0.4, 0.5) is 0 Å². The van der Waals surface area contributed by atoms with Crippen LogP contribution < -0.4 is 0 Å². The summed E-state index contributed by atoms with van der Waals surface area (Å²) in [4.78, 5) is 0. The summed E-state index contributed by atoms with van der Waals surface area (Å²) in [6, 6.07) is 0. The third-order valence-corrected chi connectivity index (χ3v) is 1.13. The van der Waals surface area contributed by atoms with E-state index < -0.39 is 0 Å². The first-order chi connectivity index (χ1) is 2.27. The predicted molar refractivity (Wildman–Crippen MR) is 31.6 cm³/mol. The lowest BCUT2D eigenvalue weighted by Gasteiger charge is -1.85. The molecule has 1 radical (unpaired) electrons.